The lowest BCUT2D eigenvalue weighted by Gasteiger charge is -2.17. The Hall–Kier alpha value is -2.14. The molecule has 0 radical (unpaired) electrons. The average Bonchev–Trinajstić information content (AvgIpc) is 3.10. The normalized spacial score (nSPS) is 12.3. The zero-order valence-corrected chi connectivity index (χ0v) is 12.3. The van der Waals surface area contributed by atoms with E-state index in [2.05, 4.69) is 40.7 Å². The Kier molecular flexibility index (Phi) is 3.52. The van der Waals surface area contributed by atoms with E-state index in [4.69, 9.17) is 0 Å². The molecule has 5 heteroatoms. The molecule has 0 aliphatic heterocycles. The van der Waals surface area contributed by atoms with Gasteiger partial charge in [0.1, 0.15) is 0 Å². The minimum absolute atomic E-state index is 0.244. The summed E-state index contributed by atoms with van der Waals surface area (Å²) < 4.78 is 1.77. The van der Waals surface area contributed by atoms with Crippen LogP contribution < -0.4 is 5.32 Å². The number of pyridine rings is 1. The molecule has 0 bridgehead atoms. The third-order valence-electron chi connectivity index (χ3n) is 3.18. The summed E-state index contributed by atoms with van der Waals surface area (Å²) in [6, 6.07) is 8.25. The van der Waals surface area contributed by atoms with Gasteiger partial charge < -0.3 is 5.32 Å². The topological polar surface area (TPSA) is 42.7 Å². The molecule has 3 aromatic rings. The molecule has 0 amide bonds. The maximum absolute atomic E-state index is 4.42. The van der Waals surface area contributed by atoms with Crippen LogP contribution in [0.3, 0.4) is 0 Å². The summed E-state index contributed by atoms with van der Waals surface area (Å²) in [6.45, 7) is 4.31. The van der Waals surface area contributed by atoms with Crippen LogP contribution in [0.2, 0.25) is 0 Å². The number of hydrogen-bond donors (Lipinski definition) is 1. The Labute approximate surface area is 122 Å². The van der Waals surface area contributed by atoms with Crippen LogP contribution in [0.1, 0.15) is 23.4 Å². The van der Waals surface area contributed by atoms with Crippen molar-refractivity contribution in [2.45, 2.75) is 19.9 Å². The smallest absolute Gasteiger partial charge is 0.176 e. The lowest BCUT2D eigenvalue weighted by atomic mass is 10.2. The lowest BCUT2D eigenvalue weighted by Crippen LogP contribution is -2.10. The van der Waals surface area contributed by atoms with Crippen molar-refractivity contribution in [3.8, 4) is 5.82 Å². The van der Waals surface area contributed by atoms with Crippen LogP contribution in [-0.4, -0.2) is 14.8 Å². The molecule has 3 heterocycles. The molecule has 0 aromatic carbocycles. The fourth-order valence-corrected chi connectivity index (χ4v) is 3.15. The van der Waals surface area contributed by atoms with Gasteiger partial charge in [0.05, 0.1) is 11.7 Å². The van der Waals surface area contributed by atoms with Gasteiger partial charge in [-0.2, -0.15) is 5.10 Å². The van der Waals surface area contributed by atoms with Gasteiger partial charge in [-0.15, -0.1) is 11.3 Å². The summed E-state index contributed by atoms with van der Waals surface area (Å²) >= 11 is 1.77. The van der Waals surface area contributed by atoms with Crippen LogP contribution in [0.4, 0.5) is 5.69 Å². The van der Waals surface area contributed by atoms with E-state index in [9.17, 15) is 0 Å². The summed E-state index contributed by atoms with van der Waals surface area (Å²) in [5.74, 6) is 0.818. The van der Waals surface area contributed by atoms with Gasteiger partial charge in [0.15, 0.2) is 5.82 Å². The molecule has 0 aliphatic rings. The van der Waals surface area contributed by atoms with E-state index in [0.717, 1.165) is 11.5 Å². The Morgan fingerprint density at radius 2 is 2.15 bits per heavy atom. The largest absolute Gasteiger partial charge is 0.375 e. The van der Waals surface area contributed by atoms with Gasteiger partial charge in [-0.25, -0.2) is 9.67 Å². The van der Waals surface area contributed by atoms with Gasteiger partial charge >= 0.3 is 0 Å². The second-order valence-corrected chi connectivity index (χ2v) is 5.61. The minimum Gasteiger partial charge on any atom is -0.375 e. The fraction of sp³-hybridized carbons (Fsp3) is 0.200. The Morgan fingerprint density at radius 3 is 2.85 bits per heavy atom. The molecule has 1 atom stereocenters. The summed E-state index contributed by atoms with van der Waals surface area (Å²) in [6.07, 6.45) is 5.43. The first-order chi connectivity index (χ1) is 9.75. The maximum atomic E-state index is 4.42. The third kappa shape index (κ3) is 2.44. The standard InChI is InChI=1S/C15H16N4S/c1-11-6-10-20-14(11)12(2)18-13-5-3-7-16-15(13)19-9-4-8-17-19/h3-10,12,18H,1-2H3. The van der Waals surface area contributed by atoms with E-state index in [-0.39, 0.29) is 6.04 Å². The molecule has 0 aliphatic carbocycles. The minimum atomic E-state index is 0.244. The van der Waals surface area contributed by atoms with E-state index in [1.54, 1.807) is 28.4 Å². The molecule has 0 saturated carbocycles. The second-order valence-electron chi connectivity index (χ2n) is 4.66. The summed E-state index contributed by atoms with van der Waals surface area (Å²) in [5.41, 5.74) is 2.30. The number of thiophene rings is 1. The highest BCUT2D eigenvalue weighted by Gasteiger charge is 2.13. The van der Waals surface area contributed by atoms with Crippen molar-refractivity contribution in [1.82, 2.24) is 14.8 Å². The van der Waals surface area contributed by atoms with Gasteiger partial charge in [0.25, 0.3) is 0 Å². The van der Waals surface area contributed by atoms with Crippen molar-refractivity contribution >= 4 is 17.0 Å². The highest BCUT2D eigenvalue weighted by Crippen LogP contribution is 2.28. The monoisotopic (exact) mass is 284 g/mol. The summed E-state index contributed by atoms with van der Waals surface area (Å²) in [5, 5.41) is 9.91. The first-order valence-electron chi connectivity index (χ1n) is 6.51. The zero-order chi connectivity index (χ0) is 13.9. The highest BCUT2D eigenvalue weighted by atomic mass is 32.1. The van der Waals surface area contributed by atoms with E-state index < -0.39 is 0 Å². The number of anilines is 1. The van der Waals surface area contributed by atoms with E-state index in [0.29, 0.717) is 0 Å². The molecule has 4 nitrogen and oxygen atoms in total. The van der Waals surface area contributed by atoms with E-state index in [1.807, 2.05) is 24.4 Å². The van der Waals surface area contributed by atoms with Crippen LogP contribution in [-0.2, 0) is 0 Å². The molecule has 0 spiro atoms. The third-order valence-corrected chi connectivity index (χ3v) is 4.38. The van der Waals surface area contributed by atoms with E-state index in [1.165, 1.54) is 10.4 Å². The van der Waals surface area contributed by atoms with Crippen molar-refractivity contribution in [2.24, 2.45) is 0 Å². The number of rotatable bonds is 4. The highest BCUT2D eigenvalue weighted by molar-refractivity contribution is 7.10. The molecule has 0 saturated heterocycles. The first-order valence-corrected chi connectivity index (χ1v) is 7.39. The second kappa shape index (κ2) is 5.46. The van der Waals surface area contributed by atoms with Gasteiger partial charge in [0, 0.05) is 23.5 Å². The molecule has 1 N–H and O–H groups in total. The maximum Gasteiger partial charge on any atom is 0.176 e. The summed E-state index contributed by atoms with van der Waals surface area (Å²) in [4.78, 5) is 5.77. The van der Waals surface area contributed by atoms with Gasteiger partial charge in [-0.1, -0.05) is 0 Å². The van der Waals surface area contributed by atoms with Gasteiger partial charge in [0.2, 0.25) is 0 Å². The van der Waals surface area contributed by atoms with Crippen LogP contribution in [0.25, 0.3) is 5.82 Å². The number of aryl methyl sites for hydroxylation is 1. The number of nitrogens with one attached hydrogen (secondary N) is 1. The predicted molar refractivity (Wildman–Crippen MR) is 82.5 cm³/mol. The Morgan fingerprint density at radius 1 is 1.25 bits per heavy atom. The molecule has 0 fully saturated rings. The molecular formula is C15H16N4S. The molecular weight excluding hydrogens is 268 g/mol. The molecule has 1 unspecified atom stereocenters. The average molecular weight is 284 g/mol. The van der Waals surface area contributed by atoms with Crippen molar-refractivity contribution < 1.29 is 0 Å². The Balaban J connectivity index is 1.90. The zero-order valence-electron chi connectivity index (χ0n) is 11.4. The van der Waals surface area contributed by atoms with Crippen LogP contribution in [0.15, 0.2) is 48.2 Å². The quantitative estimate of drug-likeness (QED) is 0.792. The summed E-state index contributed by atoms with van der Waals surface area (Å²) in [7, 11) is 0. The van der Waals surface area contributed by atoms with Crippen LogP contribution >= 0.6 is 11.3 Å². The molecule has 3 rings (SSSR count). The molecule has 102 valence electrons. The molecule has 3 aromatic heterocycles. The molecule has 20 heavy (non-hydrogen) atoms. The number of hydrogen-bond acceptors (Lipinski definition) is 4. The number of nitrogens with zero attached hydrogens (tertiary/aromatic N) is 3. The lowest BCUT2D eigenvalue weighted by molar-refractivity contribution is 0.832. The van der Waals surface area contributed by atoms with Gasteiger partial charge in [-0.05, 0) is 49.1 Å². The van der Waals surface area contributed by atoms with Crippen molar-refractivity contribution in [3.05, 3.63) is 58.7 Å². The van der Waals surface area contributed by atoms with Crippen molar-refractivity contribution in [1.29, 1.82) is 0 Å². The number of aromatic nitrogens is 3. The fourth-order valence-electron chi connectivity index (χ4n) is 2.21. The first kappa shape index (κ1) is 12.9. The SMILES string of the molecule is Cc1ccsc1C(C)Nc1cccnc1-n1cccn1. The Bertz CT molecular complexity index is 687. The van der Waals surface area contributed by atoms with Crippen molar-refractivity contribution in [2.75, 3.05) is 5.32 Å². The predicted octanol–water partition coefficient (Wildman–Crippen LogP) is 3.81. The van der Waals surface area contributed by atoms with Crippen molar-refractivity contribution in [3.63, 3.8) is 0 Å². The van der Waals surface area contributed by atoms with E-state index >= 15 is 0 Å². The van der Waals surface area contributed by atoms with Crippen LogP contribution in [0, 0.1) is 6.92 Å². The van der Waals surface area contributed by atoms with Gasteiger partial charge in [-0.3, -0.25) is 0 Å². The van der Waals surface area contributed by atoms with Crippen LogP contribution in [0.5, 0.6) is 0 Å².